The van der Waals surface area contributed by atoms with Gasteiger partial charge >= 0.3 is 0 Å². The highest BCUT2D eigenvalue weighted by molar-refractivity contribution is 7.88. The Kier molecular flexibility index (Phi) is 4.31. The Hall–Kier alpha value is -2.35. The summed E-state index contributed by atoms with van der Waals surface area (Å²) < 4.78 is 22.1. The molecule has 1 aromatic heterocycles. The first-order valence-electron chi connectivity index (χ1n) is 7.00. The van der Waals surface area contributed by atoms with E-state index in [0.29, 0.717) is 16.3 Å². The molecular weight excluding hydrogens is 350 g/mol. The molecule has 3 rings (SSSR count). The van der Waals surface area contributed by atoms with Crippen molar-refractivity contribution in [3.8, 4) is 0 Å². The quantitative estimate of drug-likeness (QED) is 0.663. The molecule has 1 amide bonds. The summed E-state index contributed by atoms with van der Waals surface area (Å²) in [7, 11) is -3.59. The van der Waals surface area contributed by atoms with Gasteiger partial charge in [-0.25, -0.2) is 13.6 Å². The molecule has 124 valence electrons. The fourth-order valence-electron chi connectivity index (χ4n) is 2.37. The van der Waals surface area contributed by atoms with E-state index < -0.39 is 10.0 Å². The van der Waals surface area contributed by atoms with Crippen molar-refractivity contribution in [3.05, 3.63) is 64.8 Å². The Bertz CT molecular complexity index is 1010. The standard InChI is InChI=1S/C16H14ClN3O3S/c17-14-12-3-1-2-4-13(12)20-15(14)16(21)19-11-7-5-10(6-8-11)9-24(18,22)23/h1-8,20H,9H2,(H,19,21)(H2,18,22,23). The maximum atomic E-state index is 12.4. The zero-order valence-electron chi connectivity index (χ0n) is 12.4. The number of fused-ring (bicyclic) bond motifs is 1. The Morgan fingerprint density at radius 3 is 2.42 bits per heavy atom. The number of rotatable bonds is 4. The first-order valence-corrected chi connectivity index (χ1v) is 9.10. The maximum absolute atomic E-state index is 12.4. The van der Waals surface area contributed by atoms with E-state index in [-0.39, 0.29) is 17.4 Å². The number of nitrogens with two attached hydrogens (primary N) is 1. The number of aromatic amines is 1. The van der Waals surface area contributed by atoms with Crippen LogP contribution in [0.2, 0.25) is 5.02 Å². The summed E-state index contributed by atoms with van der Waals surface area (Å²) in [5.41, 5.74) is 2.11. The molecule has 0 saturated carbocycles. The summed E-state index contributed by atoms with van der Waals surface area (Å²) in [4.78, 5) is 15.4. The Balaban J connectivity index is 1.80. The first kappa shape index (κ1) is 16.5. The van der Waals surface area contributed by atoms with E-state index >= 15 is 0 Å². The molecule has 0 atom stereocenters. The van der Waals surface area contributed by atoms with Crippen LogP contribution in [0.3, 0.4) is 0 Å². The van der Waals surface area contributed by atoms with E-state index in [9.17, 15) is 13.2 Å². The number of benzene rings is 2. The van der Waals surface area contributed by atoms with Gasteiger partial charge in [0.05, 0.1) is 10.8 Å². The second kappa shape index (κ2) is 6.27. The van der Waals surface area contributed by atoms with E-state index in [1.165, 1.54) is 0 Å². The number of halogens is 1. The normalized spacial score (nSPS) is 11.6. The van der Waals surface area contributed by atoms with Crippen molar-refractivity contribution in [1.82, 2.24) is 4.98 Å². The van der Waals surface area contributed by atoms with Gasteiger partial charge in [-0.05, 0) is 23.8 Å². The SMILES string of the molecule is NS(=O)(=O)Cc1ccc(NC(=O)c2[nH]c3ccccc3c2Cl)cc1. The van der Waals surface area contributed by atoms with Gasteiger partial charge in [-0.1, -0.05) is 41.9 Å². The van der Waals surface area contributed by atoms with Crippen LogP contribution in [0.5, 0.6) is 0 Å². The van der Waals surface area contributed by atoms with E-state index in [1.54, 1.807) is 24.3 Å². The number of hydrogen-bond acceptors (Lipinski definition) is 3. The van der Waals surface area contributed by atoms with Crippen LogP contribution in [-0.4, -0.2) is 19.3 Å². The molecule has 0 saturated heterocycles. The highest BCUT2D eigenvalue weighted by Gasteiger charge is 2.16. The molecule has 0 spiro atoms. The Morgan fingerprint density at radius 1 is 1.12 bits per heavy atom. The van der Waals surface area contributed by atoms with Crippen molar-refractivity contribution in [2.45, 2.75) is 5.75 Å². The van der Waals surface area contributed by atoms with Gasteiger partial charge in [0, 0.05) is 16.6 Å². The van der Waals surface area contributed by atoms with Crippen LogP contribution >= 0.6 is 11.6 Å². The van der Waals surface area contributed by atoms with Crippen molar-refractivity contribution in [3.63, 3.8) is 0 Å². The fraction of sp³-hybridized carbons (Fsp3) is 0.0625. The number of anilines is 1. The number of para-hydroxylation sites is 1. The third-order valence-corrected chi connectivity index (χ3v) is 4.58. The summed E-state index contributed by atoms with van der Waals surface area (Å²) in [6.07, 6.45) is 0. The van der Waals surface area contributed by atoms with Crippen molar-refractivity contribution >= 4 is 44.1 Å². The Labute approximate surface area is 143 Å². The monoisotopic (exact) mass is 363 g/mol. The number of primary sulfonamides is 1. The second-order valence-corrected chi connectivity index (χ2v) is 7.31. The molecule has 0 bridgehead atoms. The molecule has 0 aliphatic rings. The summed E-state index contributed by atoms with van der Waals surface area (Å²) in [5, 5.41) is 8.84. The number of carbonyl (C=O) groups is 1. The van der Waals surface area contributed by atoms with E-state index in [2.05, 4.69) is 10.3 Å². The van der Waals surface area contributed by atoms with Crippen LogP contribution in [0, 0.1) is 0 Å². The topological polar surface area (TPSA) is 105 Å². The second-order valence-electron chi connectivity index (χ2n) is 5.32. The number of sulfonamides is 1. The number of H-pyrrole nitrogens is 1. The fourth-order valence-corrected chi connectivity index (χ4v) is 3.33. The molecule has 0 fully saturated rings. The van der Waals surface area contributed by atoms with Crippen LogP contribution in [0.25, 0.3) is 10.9 Å². The van der Waals surface area contributed by atoms with Gasteiger partial charge in [-0.15, -0.1) is 0 Å². The summed E-state index contributed by atoms with van der Waals surface area (Å²) in [5.74, 6) is -0.634. The zero-order valence-corrected chi connectivity index (χ0v) is 14.0. The predicted molar refractivity (Wildman–Crippen MR) is 94.5 cm³/mol. The lowest BCUT2D eigenvalue weighted by atomic mass is 10.2. The number of carbonyl (C=O) groups excluding carboxylic acids is 1. The third-order valence-electron chi connectivity index (χ3n) is 3.45. The predicted octanol–water partition coefficient (Wildman–Crippen LogP) is 2.86. The molecule has 6 nitrogen and oxygen atoms in total. The molecule has 0 radical (unpaired) electrons. The lowest BCUT2D eigenvalue weighted by molar-refractivity contribution is 0.102. The highest BCUT2D eigenvalue weighted by atomic mass is 35.5. The molecule has 4 N–H and O–H groups in total. The molecule has 0 aliphatic heterocycles. The van der Waals surface area contributed by atoms with Gasteiger partial charge in [-0.3, -0.25) is 4.79 Å². The van der Waals surface area contributed by atoms with Gasteiger partial charge < -0.3 is 10.3 Å². The van der Waals surface area contributed by atoms with Gasteiger partial charge in [0.15, 0.2) is 0 Å². The lowest BCUT2D eigenvalue weighted by Crippen LogP contribution is -2.15. The molecule has 0 aliphatic carbocycles. The molecule has 0 unspecified atom stereocenters. The minimum absolute atomic E-state index is 0.255. The number of hydrogen-bond donors (Lipinski definition) is 3. The number of nitrogens with one attached hydrogen (secondary N) is 2. The van der Waals surface area contributed by atoms with E-state index in [1.807, 2.05) is 24.3 Å². The molecule has 1 heterocycles. The van der Waals surface area contributed by atoms with Gasteiger partial charge in [0.25, 0.3) is 5.91 Å². The first-order chi connectivity index (χ1) is 11.3. The summed E-state index contributed by atoms with van der Waals surface area (Å²) >= 11 is 6.24. The summed E-state index contributed by atoms with van der Waals surface area (Å²) in [6, 6.07) is 13.7. The van der Waals surface area contributed by atoms with Crippen molar-refractivity contribution in [2.75, 3.05) is 5.32 Å². The van der Waals surface area contributed by atoms with Crippen LogP contribution in [0.1, 0.15) is 16.1 Å². The van der Waals surface area contributed by atoms with Crippen LogP contribution in [0.4, 0.5) is 5.69 Å². The number of amides is 1. The third kappa shape index (κ3) is 3.59. The zero-order chi connectivity index (χ0) is 17.3. The van der Waals surface area contributed by atoms with Crippen molar-refractivity contribution in [2.24, 2.45) is 5.14 Å². The largest absolute Gasteiger partial charge is 0.349 e. The van der Waals surface area contributed by atoms with E-state index in [0.717, 1.165) is 10.9 Å². The molecule has 3 aromatic rings. The van der Waals surface area contributed by atoms with Gasteiger partial charge in [0.2, 0.25) is 10.0 Å². The van der Waals surface area contributed by atoms with Crippen molar-refractivity contribution < 1.29 is 13.2 Å². The average Bonchev–Trinajstić information content (AvgIpc) is 2.85. The number of aromatic nitrogens is 1. The van der Waals surface area contributed by atoms with Crippen LogP contribution in [-0.2, 0) is 15.8 Å². The van der Waals surface area contributed by atoms with Crippen LogP contribution in [0.15, 0.2) is 48.5 Å². The molecule has 24 heavy (non-hydrogen) atoms. The smallest absolute Gasteiger partial charge is 0.273 e. The Morgan fingerprint density at radius 2 is 1.79 bits per heavy atom. The average molecular weight is 364 g/mol. The van der Waals surface area contributed by atoms with Crippen molar-refractivity contribution in [1.29, 1.82) is 0 Å². The molecule has 8 heteroatoms. The van der Waals surface area contributed by atoms with Crippen LogP contribution < -0.4 is 10.5 Å². The minimum atomic E-state index is -3.59. The minimum Gasteiger partial charge on any atom is -0.349 e. The lowest BCUT2D eigenvalue weighted by Gasteiger charge is -2.06. The van der Waals surface area contributed by atoms with Gasteiger partial charge in [-0.2, -0.15) is 0 Å². The maximum Gasteiger partial charge on any atom is 0.273 e. The highest BCUT2D eigenvalue weighted by Crippen LogP contribution is 2.27. The van der Waals surface area contributed by atoms with Gasteiger partial charge in [0.1, 0.15) is 5.69 Å². The molecular formula is C16H14ClN3O3S. The van der Waals surface area contributed by atoms with E-state index in [4.69, 9.17) is 16.7 Å². The summed E-state index contributed by atoms with van der Waals surface area (Å²) in [6.45, 7) is 0. The molecule has 2 aromatic carbocycles.